The smallest absolute Gasteiger partial charge is 0.228 e. The zero-order chi connectivity index (χ0) is 24.5. The predicted molar refractivity (Wildman–Crippen MR) is 139 cm³/mol. The molecule has 0 amide bonds. The second-order valence-electron chi connectivity index (χ2n) is 9.44. The highest BCUT2D eigenvalue weighted by molar-refractivity contribution is 5.94. The number of Topliss-reactive ketones (excluding diaryl/α,β-unsaturated/α-hetero) is 1. The topological polar surface area (TPSA) is 98.1 Å². The highest BCUT2D eigenvalue weighted by Crippen LogP contribution is 2.32. The van der Waals surface area contributed by atoms with Crippen molar-refractivity contribution < 1.29 is 9.53 Å². The zero-order valence-corrected chi connectivity index (χ0v) is 20.4. The Bertz CT molecular complexity index is 1390. The molecule has 2 fully saturated rings. The molecule has 184 valence electrons. The number of carbonyl (C=O) groups excluding carboxylic acids is 1. The molecule has 0 spiro atoms. The molecule has 0 atom stereocenters. The third kappa shape index (κ3) is 4.92. The van der Waals surface area contributed by atoms with Gasteiger partial charge in [0.05, 0.1) is 36.3 Å². The van der Waals surface area contributed by atoms with Crippen molar-refractivity contribution in [2.24, 2.45) is 5.92 Å². The van der Waals surface area contributed by atoms with Crippen LogP contribution in [0.1, 0.15) is 36.7 Å². The number of pyridine rings is 1. The van der Waals surface area contributed by atoms with E-state index in [0.29, 0.717) is 37.1 Å². The largest absolute Gasteiger partial charge is 0.378 e. The number of rotatable bonds is 8. The molecule has 9 nitrogen and oxygen atoms in total. The summed E-state index contributed by atoms with van der Waals surface area (Å²) in [6.07, 6.45) is 6.83. The maximum absolute atomic E-state index is 11.9. The van der Waals surface area contributed by atoms with Crippen molar-refractivity contribution in [3.05, 3.63) is 54.5 Å². The molecule has 1 aliphatic carbocycles. The van der Waals surface area contributed by atoms with Crippen molar-refractivity contribution in [3.8, 4) is 11.3 Å². The Morgan fingerprint density at radius 3 is 2.72 bits per heavy atom. The van der Waals surface area contributed by atoms with Gasteiger partial charge in [-0.25, -0.2) is 4.98 Å². The maximum Gasteiger partial charge on any atom is 0.228 e. The minimum absolute atomic E-state index is 0.0236. The van der Waals surface area contributed by atoms with Crippen LogP contribution in [-0.4, -0.2) is 56.8 Å². The second-order valence-corrected chi connectivity index (χ2v) is 9.44. The first-order chi connectivity index (χ1) is 17.6. The van der Waals surface area contributed by atoms with Gasteiger partial charge in [0.15, 0.2) is 5.78 Å². The van der Waals surface area contributed by atoms with Crippen molar-refractivity contribution in [3.63, 3.8) is 0 Å². The number of morpholine rings is 1. The van der Waals surface area contributed by atoms with Gasteiger partial charge < -0.3 is 15.0 Å². The first-order valence-corrected chi connectivity index (χ1v) is 12.6. The van der Waals surface area contributed by atoms with Crippen molar-refractivity contribution in [1.29, 1.82) is 0 Å². The summed E-state index contributed by atoms with van der Waals surface area (Å²) in [4.78, 5) is 28.1. The lowest BCUT2D eigenvalue weighted by Gasteiger charge is -2.27. The summed E-state index contributed by atoms with van der Waals surface area (Å²) in [6, 6.07) is 11.8. The number of aromatic nitrogens is 5. The van der Waals surface area contributed by atoms with Crippen molar-refractivity contribution in [1.82, 2.24) is 24.7 Å². The molecule has 9 heteroatoms. The average Bonchev–Trinajstić information content (AvgIpc) is 3.64. The molecule has 3 aromatic heterocycles. The Morgan fingerprint density at radius 1 is 1.11 bits per heavy atom. The number of anilines is 3. The van der Waals surface area contributed by atoms with Gasteiger partial charge in [0.2, 0.25) is 5.95 Å². The van der Waals surface area contributed by atoms with E-state index in [9.17, 15) is 4.79 Å². The third-order valence-electron chi connectivity index (χ3n) is 6.64. The maximum atomic E-state index is 11.9. The number of hydrogen-bond acceptors (Lipinski definition) is 8. The first kappa shape index (κ1) is 22.6. The fraction of sp³-hybridized carbons (Fsp3) is 0.370. The Morgan fingerprint density at radius 2 is 1.97 bits per heavy atom. The molecule has 1 saturated heterocycles. The highest BCUT2D eigenvalue weighted by Gasteiger charge is 2.22. The summed E-state index contributed by atoms with van der Waals surface area (Å²) >= 11 is 0. The van der Waals surface area contributed by atoms with Gasteiger partial charge in [-0.05, 0) is 37.0 Å². The molecular weight excluding hydrogens is 454 g/mol. The van der Waals surface area contributed by atoms with Gasteiger partial charge >= 0.3 is 0 Å². The van der Waals surface area contributed by atoms with E-state index in [1.807, 2.05) is 19.1 Å². The minimum Gasteiger partial charge on any atom is -0.378 e. The number of nitrogens with zero attached hydrogens (tertiary/aromatic N) is 6. The number of ketones is 1. The van der Waals surface area contributed by atoms with Gasteiger partial charge in [0.25, 0.3) is 0 Å². The number of hydrogen-bond donors (Lipinski definition) is 1. The Labute approximate surface area is 209 Å². The molecule has 1 N–H and O–H groups in total. The van der Waals surface area contributed by atoms with E-state index in [0.717, 1.165) is 53.4 Å². The Balaban J connectivity index is 1.33. The van der Waals surface area contributed by atoms with E-state index in [2.05, 4.69) is 44.3 Å². The molecule has 1 aromatic carbocycles. The number of nitrogens with one attached hydrogen (secondary N) is 1. The first-order valence-electron chi connectivity index (χ1n) is 12.6. The van der Waals surface area contributed by atoms with Crippen LogP contribution in [0.4, 0.5) is 17.5 Å². The van der Waals surface area contributed by atoms with Crippen LogP contribution < -0.4 is 10.2 Å². The standard InChI is InChI=1S/C27H29N7O2/c1-2-25(35)22-8-7-21(15-28-22)29-26-14-23(30-27(31-26)33-9-11-36-12-10-33)19-5-6-20-17-34(16-18-3-4-18)32-24(20)13-19/h5-8,13-15,17-18H,2-4,9-12,16H2,1H3,(H,29,30,31). The lowest BCUT2D eigenvalue weighted by Crippen LogP contribution is -2.37. The second kappa shape index (κ2) is 9.66. The van der Waals surface area contributed by atoms with E-state index in [1.165, 1.54) is 12.8 Å². The highest BCUT2D eigenvalue weighted by atomic mass is 16.5. The lowest BCUT2D eigenvalue weighted by atomic mass is 10.1. The van der Waals surface area contributed by atoms with Crippen LogP contribution >= 0.6 is 0 Å². The fourth-order valence-corrected chi connectivity index (χ4v) is 4.40. The number of carbonyl (C=O) groups is 1. The van der Waals surface area contributed by atoms with Gasteiger partial charge in [-0.2, -0.15) is 10.1 Å². The van der Waals surface area contributed by atoms with Crippen LogP contribution in [0.3, 0.4) is 0 Å². The van der Waals surface area contributed by atoms with E-state index in [-0.39, 0.29) is 5.78 Å². The molecule has 1 saturated carbocycles. The molecule has 0 radical (unpaired) electrons. The summed E-state index contributed by atoms with van der Waals surface area (Å²) in [5, 5.41) is 9.28. The predicted octanol–water partition coefficient (Wildman–Crippen LogP) is 4.47. The summed E-state index contributed by atoms with van der Waals surface area (Å²) in [6.45, 7) is 5.60. The van der Waals surface area contributed by atoms with E-state index in [1.54, 1.807) is 12.3 Å². The number of fused-ring (bicyclic) bond motifs is 1. The number of ether oxygens (including phenoxy) is 1. The molecule has 4 heterocycles. The molecule has 0 unspecified atom stereocenters. The average molecular weight is 484 g/mol. The van der Waals surface area contributed by atoms with E-state index < -0.39 is 0 Å². The Kier molecular flexibility index (Phi) is 6.06. The third-order valence-corrected chi connectivity index (χ3v) is 6.64. The zero-order valence-electron chi connectivity index (χ0n) is 20.4. The van der Waals surface area contributed by atoms with Crippen LogP contribution in [0.2, 0.25) is 0 Å². The van der Waals surface area contributed by atoms with Crippen LogP contribution in [-0.2, 0) is 11.3 Å². The summed E-state index contributed by atoms with van der Waals surface area (Å²) in [5.74, 6) is 2.12. The van der Waals surface area contributed by atoms with E-state index >= 15 is 0 Å². The monoisotopic (exact) mass is 483 g/mol. The molecule has 4 aromatic rings. The van der Waals surface area contributed by atoms with E-state index in [4.69, 9.17) is 19.8 Å². The summed E-state index contributed by atoms with van der Waals surface area (Å²) in [7, 11) is 0. The minimum atomic E-state index is 0.0236. The van der Waals surface area contributed by atoms with Gasteiger partial charge in [-0.15, -0.1) is 0 Å². The van der Waals surface area contributed by atoms with Crippen LogP contribution in [0.25, 0.3) is 22.2 Å². The van der Waals surface area contributed by atoms with Crippen LogP contribution in [0.5, 0.6) is 0 Å². The van der Waals surface area contributed by atoms with Crippen molar-refractivity contribution >= 4 is 34.1 Å². The Hall–Kier alpha value is -3.85. The van der Waals surface area contributed by atoms with Crippen molar-refractivity contribution in [2.75, 3.05) is 36.5 Å². The van der Waals surface area contributed by atoms with Gasteiger partial charge in [-0.3, -0.25) is 14.5 Å². The SMILES string of the molecule is CCC(=O)c1ccc(Nc2cc(-c3ccc4cn(CC5CC5)nc4c3)nc(N3CCOCC3)n2)cn1. The van der Waals surface area contributed by atoms with Crippen LogP contribution in [0.15, 0.2) is 48.8 Å². The van der Waals surface area contributed by atoms with Gasteiger partial charge in [0, 0.05) is 49.3 Å². The summed E-state index contributed by atoms with van der Waals surface area (Å²) < 4.78 is 7.59. The normalized spacial score (nSPS) is 15.9. The van der Waals surface area contributed by atoms with Gasteiger partial charge in [0.1, 0.15) is 11.5 Å². The quantitative estimate of drug-likeness (QED) is 0.367. The molecule has 2 aliphatic rings. The molecule has 0 bridgehead atoms. The fourth-order valence-electron chi connectivity index (χ4n) is 4.40. The van der Waals surface area contributed by atoms with Crippen molar-refractivity contribution in [2.45, 2.75) is 32.7 Å². The molecule has 6 rings (SSSR count). The summed E-state index contributed by atoms with van der Waals surface area (Å²) in [5.41, 5.74) is 4.00. The molecular formula is C27H29N7O2. The molecule has 36 heavy (non-hydrogen) atoms. The van der Waals surface area contributed by atoms with Gasteiger partial charge in [-0.1, -0.05) is 19.1 Å². The lowest BCUT2D eigenvalue weighted by molar-refractivity contribution is 0.0983. The molecule has 1 aliphatic heterocycles. The van der Waals surface area contributed by atoms with Crippen LogP contribution in [0, 0.1) is 5.92 Å². The number of benzene rings is 1.